The highest BCUT2D eigenvalue weighted by Crippen LogP contribution is 2.41. The molecule has 110 valence electrons. The number of nitrogens with zero attached hydrogens (tertiary/aromatic N) is 1. The van der Waals surface area contributed by atoms with E-state index in [4.69, 9.17) is 4.74 Å². The van der Waals surface area contributed by atoms with Gasteiger partial charge in [0.1, 0.15) is 5.75 Å². The molecular weight excluding hydrogens is 260 g/mol. The van der Waals surface area contributed by atoms with Crippen LogP contribution in [0.4, 0.5) is 11.4 Å². The molecule has 3 nitrogen and oxygen atoms in total. The molecule has 3 heteroatoms. The molecule has 0 aromatic heterocycles. The maximum Gasteiger partial charge on any atom is 0.125 e. The van der Waals surface area contributed by atoms with Crippen LogP contribution in [0.2, 0.25) is 0 Å². The van der Waals surface area contributed by atoms with Crippen molar-refractivity contribution in [1.29, 1.82) is 0 Å². The summed E-state index contributed by atoms with van der Waals surface area (Å²) >= 11 is 0. The lowest BCUT2D eigenvalue weighted by Gasteiger charge is -2.27. The van der Waals surface area contributed by atoms with Crippen molar-refractivity contribution in [1.82, 2.24) is 5.32 Å². The molecule has 0 amide bonds. The Morgan fingerprint density at radius 1 is 1.10 bits per heavy atom. The third-order valence-corrected chi connectivity index (χ3v) is 4.31. The zero-order valence-corrected chi connectivity index (χ0v) is 12.9. The molecule has 0 radical (unpaired) electrons. The molecule has 0 aliphatic carbocycles. The maximum atomic E-state index is 5.59. The summed E-state index contributed by atoms with van der Waals surface area (Å²) in [5, 5.41) is 3.34. The largest absolute Gasteiger partial charge is 0.496 e. The Kier molecular flexibility index (Phi) is 3.84. The first kappa shape index (κ1) is 14.0. The van der Waals surface area contributed by atoms with Crippen molar-refractivity contribution in [2.45, 2.75) is 19.4 Å². The molecule has 1 atom stereocenters. The van der Waals surface area contributed by atoms with Crippen molar-refractivity contribution in [3.05, 3.63) is 53.6 Å². The van der Waals surface area contributed by atoms with E-state index < -0.39 is 0 Å². The first-order chi connectivity index (χ1) is 10.3. The van der Waals surface area contributed by atoms with Gasteiger partial charge in [0.2, 0.25) is 0 Å². The minimum atomic E-state index is 0.240. The van der Waals surface area contributed by atoms with Crippen LogP contribution in [0.15, 0.2) is 42.5 Å². The Labute approximate surface area is 126 Å². The monoisotopic (exact) mass is 282 g/mol. The quantitative estimate of drug-likeness (QED) is 0.926. The average molecular weight is 282 g/mol. The van der Waals surface area contributed by atoms with E-state index in [9.17, 15) is 0 Å². The normalized spacial score (nSPS) is 14.9. The highest BCUT2D eigenvalue weighted by atomic mass is 16.5. The van der Waals surface area contributed by atoms with Gasteiger partial charge in [0.15, 0.2) is 0 Å². The molecule has 2 aromatic carbocycles. The van der Waals surface area contributed by atoms with Crippen LogP contribution in [0.5, 0.6) is 5.75 Å². The van der Waals surface area contributed by atoms with E-state index in [0.717, 1.165) is 18.7 Å². The van der Waals surface area contributed by atoms with Crippen molar-refractivity contribution < 1.29 is 4.74 Å². The van der Waals surface area contributed by atoms with Crippen molar-refractivity contribution in [3.63, 3.8) is 0 Å². The van der Waals surface area contributed by atoms with Gasteiger partial charge < -0.3 is 15.0 Å². The number of methoxy groups -OCH3 is 1. The Balaban J connectivity index is 2.11. The number of rotatable bonds is 4. The van der Waals surface area contributed by atoms with E-state index in [2.05, 4.69) is 53.5 Å². The lowest BCUT2D eigenvalue weighted by atomic mass is 10.0. The van der Waals surface area contributed by atoms with Gasteiger partial charge in [-0.1, -0.05) is 24.3 Å². The van der Waals surface area contributed by atoms with Crippen molar-refractivity contribution in [2.24, 2.45) is 0 Å². The van der Waals surface area contributed by atoms with Crippen LogP contribution in [-0.2, 0) is 6.42 Å². The number of para-hydroxylation sites is 1. The molecule has 1 N–H and O–H groups in total. The van der Waals surface area contributed by atoms with Crippen LogP contribution in [-0.4, -0.2) is 20.7 Å². The fourth-order valence-electron chi connectivity index (χ4n) is 3.11. The molecule has 0 saturated heterocycles. The van der Waals surface area contributed by atoms with Crippen LogP contribution in [0.1, 0.15) is 24.1 Å². The third kappa shape index (κ3) is 2.38. The predicted octanol–water partition coefficient (Wildman–Crippen LogP) is 3.67. The maximum absolute atomic E-state index is 5.59. The van der Waals surface area contributed by atoms with Gasteiger partial charge in [0, 0.05) is 29.5 Å². The summed E-state index contributed by atoms with van der Waals surface area (Å²) in [7, 11) is 3.72. The molecule has 21 heavy (non-hydrogen) atoms. The molecule has 1 aliphatic rings. The first-order valence-corrected chi connectivity index (χ1v) is 7.46. The fraction of sp³-hybridized carbons (Fsp3) is 0.333. The van der Waals surface area contributed by atoms with Crippen molar-refractivity contribution in [3.8, 4) is 5.75 Å². The highest BCUT2D eigenvalue weighted by molar-refractivity contribution is 5.74. The SMILES string of the molecule is CNC(C)c1c(OC)cccc1N1CCc2ccccc21. The smallest absolute Gasteiger partial charge is 0.125 e. The molecule has 0 spiro atoms. The minimum Gasteiger partial charge on any atom is -0.496 e. The number of nitrogens with one attached hydrogen (secondary N) is 1. The van der Waals surface area contributed by atoms with E-state index in [1.54, 1.807) is 7.11 Å². The Bertz CT molecular complexity index is 639. The van der Waals surface area contributed by atoms with E-state index in [1.165, 1.54) is 22.5 Å². The van der Waals surface area contributed by atoms with Gasteiger partial charge in [-0.2, -0.15) is 0 Å². The topological polar surface area (TPSA) is 24.5 Å². The fourth-order valence-corrected chi connectivity index (χ4v) is 3.11. The summed E-state index contributed by atoms with van der Waals surface area (Å²) < 4.78 is 5.59. The van der Waals surface area contributed by atoms with E-state index in [1.807, 2.05) is 13.1 Å². The van der Waals surface area contributed by atoms with E-state index in [-0.39, 0.29) is 6.04 Å². The first-order valence-electron chi connectivity index (χ1n) is 7.46. The Morgan fingerprint density at radius 3 is 2.62 bits per heavy atom. The average Bonchev–Trinajstić information content (AvgIpc) is 2.97. The van der Waals surface area contributed by atoms with Crippen molar-refractivity contribution in [2.75, 3.05) is 25.6 Å². The summed E-state index contributed by atoms with van der Waals surface area (Å²) in [6.07, 6.45) is 1.10. The van der Waals surface area contributed by atoms with Gasteiger partial charge in [-0.25, -0.2) is 0 Å². The van der Waals surface area contributed by atoms with Gasteiger partial charge in [-0.3, -0.25) is 0 Å². The van der Waals surface area contributed by atoms with Crippen LogP contribution >= 0.6 is 0 Å². The Morgan fingerprint density at radius 2 is 1.86 bits per heavy atom. The lowest BCUT2D eigenvalue weighted by Crippen LogP contribution is -2.20. The summed E-state index contributed by atoms with van der Waals surface area (Å²) in [5.41, 5.74) is 5.19. The molecule has 3 rings (SSSR count). The number of ether oxygens (including phenoxy) is 1. The molecule has 0 saturated carbocycles. The highest BCUT2D eigenvalue weighted by Gasteiger charge is 2.25. The second kappa shape index (κ2) is 5.78. The number of benzene rings is 2. The summed E-state index contributed by atoms with van der Waals surface area (Å²) in [6.45, 7) is 3.19. The number of fused-ring (bicyclic) bond motifs is 1. The van der Waals surface area contributed by atoms with E-state index >= 15 is 0 Å². The molecular formula is C18H22N2O. The van der Waals surface area contributed by atoms with Crippen LogP contribution < -0.4 is 15.0 Å². The molecule has 1 unspecified atom stereocenters. The second-order valence-corrected chi connectivity index (χ2v) is 5.43. The van der Waals surface area contributed by atoms with Crippen molar-refractivity contribution >= 4 is 11.4 Å². The Hall–Kier alpha value is -2.00. The van der Waals surface area contributed by atoms with E-state index in [0.29, 0.717) is 0 Å². The zero-order chi connectivity index (χ0) is 14.8. The predicted molar refractivity (Wildman–Crippen MR) is 87.6 cm³/mol. The molecule has 1 heterocycles. The van der Waals surface area contributed by atoms with Gasteiger partial charge in [-0.15, -0.1) is 0 Å². The number of hydrogen-bond acceptors (Lipinski definition) is 3. The molecule has 1 aliphatic heterocycles. The third-order valence-electron chi connectivity index (χ3n) is 4.31. The lowest BCUT2D eigenvalue weighted by molar-refractivity contribution is 0.404. The van der Waals surface area contributed by atoms with Crippen LogP contribution in [0, 0.1) is 0 Å². The van der Waals surface area contributed by atoms with Crippen LogP contribution in [0.3, 0.4) is 0 Å². The minimum absolute atomic E-state index is 0.240. The van der Waals surface area contributed by atoms with Gasteiger partial charge in [-0.05, 0) is 44.2 Å². The van der Waals surface area contributed by atoms with Gasteiger partial charge >= 0.3 is 0 Å². The van der Waals surface area contributed by atoms with Gasteiger partial charge in [0.25, 0.3) is 0 Å². The molecule has 0 fully saturated rings. The zero-order valence-electron chi connectivity index (χ0n) is 12.9. The summed E-state index contributed by atoms with van der Waals surface area (Å²) in [6, 6.07) is 15.2. The number of hydrogen-bond donors (Lipinski definition) is 1. The second-order valence-electron chi connectivity index (χ2n) is 5.43. The summed E-state index contributed by atoms with van der Waals surface area (Å²) in [5.74, 6) is 0.943. The summed E-state index contributed by atoms with van der Waals surface area (Å²) in [4.78, 5) is 2.40. The molecule has 2 aromatic rings. The van der Waals surface area contributed by atoms with Crippen LogP contribution in [0.25, 0.3) is 0 Å². The molecule has 0 bridgehead atoms. The number of anilines is 2. The van der Waals surface area contributed by atoms with Gasteiger partial charge in [0.05, 0.1) is 7.11 Å². The standard InChI is InChI=1S/C18H22N2O/c1-13(19-2)18-16(9-6-10-17(18)21-3)20-12-11-14-7-4-5-8-15(14)20/h4-10,13,19H,11-12H2,1-3H3.